The predicted octanol–water partition coefficient (Wildman–Crippen LogP) is 3.42. The number of hydrogen-bond donors (Lipinski definition) is 2. The van der Waals surface area contributed by atoms with E-state index in [-0.39, 0.29) is 30.0 Å². The molecule has 0 saturated heterocycles. The Balaban J connectivity index is 0.00000210. The second-order valence-electron chi connectivity index (χ2n) is 6.20. The molecular weight excluding hydrogens is 453 g/mol. The van der Waals surface area contributed by atoms with Gasteiger partial charge in [0.25, 0.3) is 0 Å². The second kappa shape index (κ2) is 8.90. The molecule has 1 aromatic heterocycles. The molecule has 1 aliphatic rings. The molecule has 0 bridgehead atoms. The molecule has 0 amide bonds. The number of guanidine groups is 1. The smallest absolute Gasteiger partial charge is 0.189 e. The molecule has 27 heavy (non-hydrogen) atoms. The number of nitrogens with two attached hydrogens (primary N) is 1. The maximum Gasteiger partial charge on any atom is 0.189 e. The van der Waals surface area contributed by atoms with Crippen LogP contribution in [-0.4, -0.2) is 22.3 Å². The van der Waals surface area contributed by atoms with Crippen LogP contribution < -0.4 is 15.8 Å². The zero-order valence-corrected chi connectivity index (χ0v) is 17.1. The summed E-state index contributed by atoms with van der Waals surface area (Å²) in [4.78, 5) is 4.46. The lowest BCUT2D eigenvalue weighted by Gasteiger charge is -2.26. The molecule has 140 valence electrons. The number of rotatable bonds is 4. The third-order valence-electron chi connectivity index (χ3n) is 4.37. The van der Waals surface area contributed by atoms with Crippen molar-refractivity contribution >= 4 is 29.9 Å². The third-order valence-corrected chi connectivity index (χ3v) is 4.37. The zero-order valence-electron chi connectivity index (χ0n) is 14.8. The van der Waals surface area contributed by atoms with Crippen LogP contribution >= 0.6 is 24.0 Å². The van der Waals surface area contributed by atoms with E-state index in [4.69, 9.17) is 10.5 Å². The molecule has 0 aliphatic carbocycles. The number of benzene rings is 2. The normalized spacial score (nSPS) is 16.0. The van der Waals surface area contributed by atoms with Crippen molar-refractivity contribution < 1.29 is 4.74 Å². The molecule has 2 aromatic carbocycles. The van der Waals surface area contributed by atoms with E-state index in [9.17, 15) is 0 Å². The van der Waals surface area contributed by atoms with Gasteiger partial charge in [-0.2, -0.15) is 5.10 Å². The van der Waals surface area contributed by atoms with E-state index in [1.807, 2.05) is 65.6 Å². The summed E-state index contributed by atoms with van der Waals surface area (Å²) in [5, 5.41) is 7.68. The maximum atomic E-state index is 6.10. The highest BCUT2D eigenvalue weighted by atomic mass is 127. The molecule has 0 radical (unpaired) electrons. The van der Waals surface area contributed by atoms with Crippen LogP contribution in [0.5, 0.6) is 5.75 Å². The topological polar surface area (TPSA) is 77.5 Å². The summed E-state index contributed by atoms with van der Waals surface area (Å²) >= 11 is 0. The summed E-state index contributed by atoms with van der Waals surface area (Å²) in [6, 6.07) is 18.1. The van der Waals surface area contributed by atoms with Crippen molar-refractivity contribution in [2.45, 2.75) is 19.0 Å². The van der Waals surface area contributed by atoms with Gasteiger partial charge in [-0.25, -0.2) is 9.67 Å². The number of ether oxygens (including phenoxy) is 1. The first kappa shape index (κ1) is 19.2. The Labute approximate surface area is 175 Å². The van der Waals surface area contributed by atoms with Crippen molar-refractivity contribution in [3.63, 3.8) is 0 Å². The number of nitrogens with one attached hydrogen (secondary N) is 1. The van der Waals surface area contributed by atoms with Crippen molar-refractivity contribution in [3.8, 4) is 11.4 Å². The van der Waals surface area contributed by atoms with E-state index in [2.05, 4.69) is 21.5 Å². The van der Waals surface area contributed by atoms with Crippen molar-refractivity contribution in [2.24, 2.45) is 10.7 Å². The number of halogens is 1. The van der Waals surface area contributed by atoms with Gasteiger partial charge in [-0.3, -0.25) is 0 Å². The van der Waals surface area contributed by atoms with Crippen LogP contribution in [0.1, 0.15) is 23.6 Å². The maximum absolute atomic E-state index is 6.10. The van der Waals surface area contributed by atoms with Crippen LogP contribution in [0.3, 0.4) is 0 Å². The van der Waals surface area contributed by atoms with Crippen LogP contribution in [-0.2, 0) is 6.54 Å². The Kier molecular flexibility index (Phi) is 6.33. The number of hydrogen-bond acceptors (Lipinski definition) is 3. The van der Waals surface area contributed by atoms with E-state index in [1.165, 1.54) is 0 Å². The van der Waals surface area contributed by atoms with Gasteiger partial charge in [-0.05, 0) is 18.2 Å². The number of para-hydroxylation sites is 2. The lowest BCUT2D eigenvalue weighted by atomic mass is 10.0. The average molecular weight is 475 g/mol. The first-order chi connectivity index (χ1) is 12.8. The fourth-order valence-corrected chi connectivity index (χ4v) is 3.06. The van der Waals surface area contributed by atoms with E-state index in [0.29, 0.717) is 19.1 Å². The van der Waals surface area contributed by atoms with Gasteiger partial charge in [0, 0.05) is 23.7 Å². The minimum absolute atomic E-state index is 0. The average Bonchev–Trinajstić information content (AvgIpc) is 3.17. The van der Waals surface area contributed by atoms with Gasteiger partial charge >= 0.3 is 0 Å². The van der Waals surface area contributed by atoms with Gasteiger partial charge in [0.1, 0.15) is 5.75 Å². The van der Waals surface area contributed by atoms with Gasteiger partial charge in [0.05, 0.1) is 31.1 Å². The summed E-state index contributed by atoms with van der Waals surface area (Å²) in [5.74, 6) is 1.34. The summed E-state index contributed by atoms with van der Waals surface area (Å²) in [6.45, 7) is 1.16. The number of aromatic nitrogens is 2. The number of aliphatic imine (C=N–C) groups is 1. The highest BCUT2D eigenvalue weighted by molar-refractivity contribution is 14.0. The monoisotopic (exact) mass is 475 g/mol. The fraction of sp³-hybridized carbons (Fsp3) is 0.200. The van der Waals surface area contributed by atoms with Gasteiger partial charge in [0.15, 0.2) is 5.96 Å². The van der Waals surface area contributed by atoms with Crippen molar-refractivity contribution in [1.82, 2.24) is 15.1 Å². The van der Waals surface area contributed by atoms with Crippen molar-refractivity contribution in [3.05, 3.63) is 78.1 Å². The SMILES string of the molecule is I.NC(=NCc1cnn(-c2ccccc2)c1)NC1CCOc2ccccc21. The Morgan fingerprint density at radius 1 is 1.19 bits per heavy atom. The summed E-state index contributed by atoms with van der Waals surface area (Å²) in [7, 11) is 0. The van der Waals surface area contributed by atoms with Crippen LogP contribution in [0.4, 0.5) is 0 Å². The quantitative estimate of drug-likeness (QED) is 0.345. The van der Waals surface area contributed by atoms with Crippen LogP contribution in [0.2, 0.25) is 0 Å². The molecule has 1 atom stereocenters. The first-order valence-electron chi connectivity index (χ1n) is 8.67. The predicted molar refractivity (Wildman–Crippen MR) is 117 cm³/mol. The van der Waals surface area contributed by atoms with Gasteiger partial charge in [0.2, 0.25) is 0 Å². The minimum atomic E-state index is 0. The lowest BCUT2D eigenvalue weighted by Crippen LogP contribution is -2.37. The standard InChI is InChI=1S/C20H21N5O.HI/c21-20(24-18-10-11-26-19-9-5-4-8-17(18)19)22-12-15-13-23-25(14-15)16-6-2-1-3-7-16;/h1-9,13-14,18H,10-12H2,(H3,21,22,24);1H. The molecule has 4 rings (SSSR count). The van der Waals surface area contributed by atoms with Gasteiger partial charge in [-0.1, -0.05) is 36.4 Å². The number of fused-ring (bicyclic) bond motifs is 1. The largest absolute Gasteiger partial charge is 0.493 e. The summed E-state index contributed by atoms with van der Waals surface area (Å²) in [6.07, 6.45) is 4.64. The van der Waals surface area contributed by atoms with Crippen molar-refractivity contribution in [1.29, 1.82) is 0 Å². The lowest BCUT2D eigenvalue weighted by molar-refractivity contribution is 0.262. The molecule has 1 aliphatic heterocycles. The molecule has 0 fully saturated rings. The van der Waals surface area contributed by atoms with Crippen LogP contribution in [0.15, 0.2) is 72.0 Å². The van der Waals surface area contributed by atoms with Crippen LogP contribution in [0, 0.1) is 0 Å². The van der Waals surface area contributed by atoms with Crippen molar-refractivity contribution in [2.75, 3.05) is 6.61 Å². The molecule has 6 nitrogen and oxygen atoms in total. The molecular formula is C20H22IN5O. The molecule has 7 heteroatoms. The van der Waals surface area contributed by atoms with E-state index >= 15 is 0 Å². The minimum Gasteiger partial charge on any atom is -0.493 e. The molecule has 1 unspecified atom stereocenters. The summed E-state index contributed by atoms with van der Waals surface area (Å²) < 4.78 is 7.51. The molecule has 0 spiro atoms. The molecule has 3 N–H and O–H groups in total. The van der Waals surface area contributed by atoms with E-state index < -0.39 is 0 Å². The molecule has 0 saturated carbocycles. The summed E-state index contributed by atoms with van der Waals surface area (Å²) in [5.41, 5.74) is 9.24. The second-order valence-corrected chi connectivity index (χ2v) is 6.20. The third kappa shape index (κ3) is 4.60. The highest BCUT2D eigenvalue weighted by Gasteiger charge is 2.21. The van der Waals surface area contributed by atoms with Gasteiger partial charge < -0.3 is 15.8 Å². The fourth-order valence-electron chi connectivity index (χ4n) is 3.06. The molecule has 3 aromatic rings. The Bertz CT molecular complexity index is 910. The van der Waals surface area contributed by atoms with Gasteiger partial charge in [-0.15, -0.1) is 24.0 Å². The Hall–Kier alpha value is -2.55. The molecule has 2 heterocycles. The Morgan fingerprint density at radius 2 is 1.96 bits per heavy atom. The Morgan fingerprint density at radius 3 is 2.81 bits per heavy atom. The van der Waals surface area contributed by atoms with E-state index in [1.54, 1.807) is 0 Å². The van der Waals surface area contributed by atoms with E-state index in [0.717, 1.165) is 29.0 Å². The van der Waals surface area contributed by atoms with Crippen LogP contribution in [0.25, 0.3) is 5.69 Å². The first-order valence-corrected chi connectivity index (χ1v) is 8.67. The number of nitrogens with zero attached hydrogens (tertiary/aromatic N) is 3. The highest BCUT2D eigenvalue weighted by Crippen LogP contribution is 2.31. The zero-order chi connectivity index (χ0) is 17.8.